The van der Waals surface area contributed by atoms with Crippen LogP contribution in [-0.2, 0) is 11.2 Å². The van der Waals surface area contributed by atoms with Gasteiger partial charge in [-0.15, -0.1) is 0 Å². The molecule has 1 aromatic rings. The maximum absolute atomic E-state index is 12.2. The van der Waals surface area contributed by atoms with Gasteiger partial charge in [-0.2, -0.15) is 13.2 Å². The number of rotatable bonds is 7. The Morgan fingerprint density at radius 3 is 2.57 bits per heavy atom. The Labute approximate surface area is 122 Å². The Bertz CT molecular complexity index is 435. The lowest BCUT2D eigenvalue weighted by molar-refractivity contribution is -0.133. The highest BCUT2D eigenvalue weighted by atomic mass is 19.4. The molecule has 0 radical (unpaired) electrons. The Balaban J connectivity index is 2.42. The molecule has 118 valence electrons. The van der Waals surface area contributed by atoms with Gasteiger partial charge in [0.25, 0.3) is 0 Å². The molecule has 0 fully saturated rings. The first kappa shape index (κ1) is 17.4. The predicted octanol–water partition coefficient (Wildman–Crippen LogP) is 1.92. The zero-order valence-corrected chi connectivity index (χ0v) is 12.1. The number of pyridine rings is 1. The van der Waals surface area contributed by atoms with Crippen molar-refractivity contribution in [2.45, 2.75) is 32.5 Å². The summed E-state index contributed by atoms with van der Waals surface area (Å²) in [4.78, 5) is 16.0. The Kier molecular flexibility index (Phi) is 6.61. The van der Waals surface area contributed by atoms with Gasteiger partial charge in [0, 0.05) is 24.9 Å². The lowest BCUT2D eigenvalue weighted by Crippen LogP contribution is -2.50. The number of hydrogen-bond acceptors (Lipinski definition) is 3. The summed E-state index contributed by atoms with van der Waals surface area (Å²) >= 11 is 0. The molecule has 1 amide bonds. The average Bonchev–Trinajstić information content (AvgIpc) is 2.38. The van der Waals surface area contributed by atoms with Gasteiger partial charge in [0.15, 0.2) is 0 Å². The molecule has 0 unspecified atom stereocenters. The SMILES string of the molecule is CC(C)[C@H](NCC(F)(F)F)C(=O)NCCc1ccccn1. The van der Waals surface area contributed by atoms with Crippen molar-refractivity contribution in [3.05, 3.63) is 30.1 Å². The second kappa shape index (κ2) is 7.97. The quantitative estimate of drug-likeness (QED) is 0.809. The minimum absolute atomic E-state index is 0.234. The first-order chi connectivity index (χ1) is 9.79. The molecule has 2 N–H and O–H groups in total. The van der Waals surface area contributed by atoms with E-state index in [0.29, 0.717) is 13.0 Å². The van der Waals surface area contributed by atoms with E-state index in [-0.39, 0.29) is 5.92 Å². The van der Waals surface area contributed by atoms with Gasteiger partial charge >= 0.3 is 6.18 Å². The zero-order chi connectivity index (χ0) is 15.9. The van der Waals surface area contributed by atoms with Crippen LogP contribution in [0.4, 0.5) is 13.2 Å². The van der Waals surface area contributed by atoms with E-state index in [1.807, 2.05) is 12.1 Å². The zero-order valence-electron chi connectivity index (χ0n) is 12.1. The summed E-state index contributed by atoms with van der Waals surface area (Å²) in [6, 6.07) is 4.59. The molecule has 1 rings (SSSR count). The third-order valence-corrected chi connectivity index (χ3v) is 2.88. The number of carbonyl (C=O) groups is 1. The van der Waals surface area contributed by atoms with E-state index in [1.54, 1.807) is 26.1 Å². The molecule has 1 aromatic heterocycles. The minimum Gasteiger partial charge on any atom is -0.354 e. The number of carbonyl (C=O) groups excluding carboxylic acids is 1. The number of halogens is 3. The van der Waals surface area contributed by atoms with Crippen molar-refractivity contribution < 1.29 is 18.0 Å². The minimum atomic E-state index is -4.33. The first-order valence-electron chi connectivity index (χ1n) is 6.77. The van der Waals surface area contributed by atoms with Crippen LogP contribution in [0.25, 0.3) is 0 Å². The third-order valence-electron chi connectivity index (χ3n) is 2.88. The van der Waals surface area contributed by atoms with Crippen molar-refractivity contribution in [1.82, 2.24) is 15.6 Å². The van der Waals surface area contributed by atoms with Crippen LogP contribution in [0.15, 0.2) is 24.4 Å². The average molecular weight is 303 g/mol. The fourth-order valence-electron chi connectivity index (χ4n) is 1.83. The second-order valence-electron chi connectivity index (χ2n) is 5.08. The normalized spacial score (nSPS) is 13.2. The van der Waals surface area contributed by atoms with Gasteiger partial charge in [0.05, 0.1) is 12.6 Å². The molecule has 21 heavy (non-hydrogen) atoms. The first-order valence-corrected chi connectivity index (χ1v) is 6.77. The number of amides is 1. The smallest absolute Gasteiger partial charge is 0.354 e. The van der Waals surface area contributed by atoms with Gasteiger partial charge in [0.1, 0.15) is 0 Å². The van der Waals surface area contributed by atoms with E-state index in [2.05, 4.69) is 15.6 Å². The maximum Gasteiger partial charge on any atom is 0.401 e. The largest absolute Gasteiger partial charge is 0.401 e. The van der Waals surface area contributed by atoms with Crippen molar-refractivity contribution in [2.75, 3.05) is 13.1 Å². The van der Waals surface area contributed by atoms with Crippen LogP contribution in [0.1, 0.15) is 19.5 Å². The fraction of sp³-hybridized carbons (Fsp3) is 0.571. The fourth-order valence-corrected chi connectivity index (χ4v) is 1.83. The van der Waals surface area contributed by atoms with Gasteiger partial charge in [-0.05, 0) is 18.1 Å². The van der Waals surface area contributed by atoms with E-state index in [1.165, 1.54) is 0 Å². The molecule has 1 heterocycles. The molecular weight excluding hydrogens is 283 g/mol. The van der Waals surface area contributed by atoms with Crippen molar-refractivity contribution >= 4 is 5.91 Å². The Morgan fingerprint density at radius 1 is 1.33 bits per heavy atom. The molecular formula is C14H20F3N3O. The third kappa shape index (κ3) is 7.08. The summed E-state index contributed by atoms with van der Waals surface area (Å²) < 4.78 is 36.6. The van der Waals surface area contributed by atoms with Crippen LogP contribution in [0, 0.1) is 5.92 Å². The van der Waals surface area contributed by atoms with Crippen molar-refractivity contribution in [1.29, 1.82) is 0 Å². The highest BCUT2D eigenvalue weighted by molar-refractivity contribution is 5.82. The van der Waals surface area contributed by atoms with Gasteiger partial charge in [-0.3, -0.25) is 15.1 Å². The van der Waals surface area contributed by atoms with E-state index >= 15 is 0 Å². The monoisotopic (exact) mass is 303 g/mol. The van der Waals surface area contributed by atoms with Gasteiger partial charge in [-0.1, -0.05) is 19.9 Å². The van der Waals surface area contributed by atoms with Crippen LogP contribution in [0.5, 0.6) is 0 Å². The molecule has 0 aliphatic carbocycles. The molecule has 0 bridgehead atoms. The highest BCUT2D eigenvalue weighted by Crippen LogP contribution is 2.14. The standard InChI is InChI=1S/C14H20F3N3O/c1-10(2)12(20-9-14(15,16)17)13(21)19-8-6-11-5-3-4-7-18-11/h3-5,7,10,12,20H,6,8-9H2,1-2H3,(H,19,21)/t12-/m0/s1. The number of aromatic nitrogens is 1. The van der Waals surface area contributed by atoms with Crippen LogP contribution < -0.4 is 10.6 Å². The molecule has 0 saturated heterocycles. The lowest BCUT2D eigenvalue weighted by Gasteiger charge is -2.22. The van der Waals surface area contributed by atoms with E-state index in [9.17, 15) is 18.0 Å². The van der Waals surface area contributed by atoms with Gasteiger partial charge < -0.3 is 5.32 Å². The molecule has 0 aromatic carbocycles. The van der Waals surface area contributed by atoms with E-state index in [4.69, 9.17) is 0 Å². The van der Waals surface area contributed by atoms with Crippen LogP contribution in [0.2, 0.25) is 0 Å². The summed E-state index contributed by atoms with van der Waals surface area (Å²) in [6.07, 6.45) is -2.14. The summed E-state index contributed by atoms with van der Waals surface area (Å²) in [5.74, 6) is -0.660. The summed E-state index contributed by atoms with van der Waals surface area (Å²) in [5.41, 5.74) is 0.821. The van der Waals surface area contributed by atoms with E-state index < -0.39 is 24.7 Å². The molecule has 0 spiro atoms. The predicted molar refractivity (Wildman–Crippen MR) is 73.6 cm³/mol. The topological polar surface area (TPSA) is 54.0 Å². The summed E-state index contributed by atoms with van der Waals surface area (Å²) in [7, 11) is 0. The van der Waals surface area contributed by atoms with Gasteiger partial charge in [-0.25, -0.2) is 0 Å². The van der Waals surface area contributed by atoms with Crippen molar-refractivity contribution in [3.63, 3.8) is 0 Å². The number of nitrogens with zero attached hydrogens (tertiary/aromatic N) is 1. The van der Waals surface area contributed by atoms with E-state index in [0.717, 1.165) is 5.69 Å². The molecule has 4 nitrogen and oxygen atoms in total. The number of hydrogen-bond donors (Lipinski definition) is 2. The Hall–Kier alpha value is -1.63. The lowest BCUT2D eigenvalue weighted by atomic mass is 10.0. The number of nitrogens with one attached hydrogen (secondary N) is 2. The Morgan fingerprint density at radius 2 is 2.05 bits per heavy atom. The van der Waals surface area contributed by atoms with Crippen LogP contribution in [0.3, 0.4) is 0 Å². The van der Waals surface area contributed by atoms with Crippen molar-refractivity contribution in [2.24, 2.45) is 5.92 Å². The number of alkyl halides is 3. The van der Waals surface area contributed by atoms with Crippen molar-refractivity contribution in [3.8, 4) is 0 Å². The highest BCUT2D eigenvalue weighted by Gasteiger charge is 2.31. The maximum atomic E-state index is 12.2. The molecule has 0 aliphatic rings. The van der Waals surface area contributed by atoms with Gasteiger partial charge in [0.2, 0.25) is 5.91 Å². The second-order valence-corrected chi connectivity index (χ2v) is 5.08. The molecule has 7 heteroatoms. The van der Waals surface area contributed by atoms with Crippen LogP contribution >= 0.6 is 0 Å². The molecule has 0 saturated carbocycles. The van der Waals surface area contributed by atoms with Crippen LogP contribution in [-0.4, -0.2) is 36.2 Å². The molecule has 1 atom stereocenters. The molecule has 0 aliphatic heterocycles. The summed E-state index contributed by atoms with van der Waals surface area (Å²) in [6.45, 7) is 2.56. The summed E-state index contributed by atoms with van der Waals surface area (Å²) in [5, 5.41) is 4.89.